The van der Waals surface area contributed by atoms with Crippen molar-refractivity contribution < 1.29 is 19.0 Å². The van der Waals surface area contributed by atoms with Crippen molar-refractivity contribution in [2.45, 2.75) is 66.6 Å². The van der Waals surface area contributed by atoms with E-state index in [0.717, 1.165) is 11.1 Å². The Morgan fingerprint density at radius 2 is 1.48 bits per heavy atom. The summed E-state index contributed by atoms with van der Waals surface area (Å²) >= 11 is 0. The van der Waals surface area contributed by atoms with Gasteiger partial charge in [-0.2, -0.15) is 0 Å². The van der Waals surface area contributed by atoms with Crippen LogP contribution in [0.25, 0.3) is 6.08 Å². The Morgan fingerprint density at radius 1 is 0.903 bits per heavy atom. The van der Waals surface area contributed by atoms with Gasteiger partial charge in [-0.1, -0.05) is 12.6 Å². The Labute approximate surface area is 186 Å². The largest absolute Gasteiger partial charge is 0.487 e. The van der Waals surface area contributed by atoms with Crippen molar-refractivity contribution in [1.29, 1.82) is 0 Å². The summed E-state index contributed by atoms with van der Waals surface area (Å²) in [5.41, 5.74) is 1.51. The molecule has 31 heavy (non-hydrogen) atoms. The zero-order valence-electron chi connectivity index (χ0n) is 20.0. The van der Waals surface area contributed by atoms with Crippen molar-refractivity contribution >= 4 is 11.9 Å². The summed E-state index contributed by atoms with van der Waals surface area (Å²) in [6.45, 7) is 19.4. The molecule has 0 bridgehead atoms. The molecule has 2 aromatic carbocycles. The van der Waals surface area contributed by atoms with E-state index in [1.165, 1.54) is 0 Å². The van der Waals surface area contributed by atoms with Crippen LogP contribution < -0.4 is 14.2 Å². The molecule has 0 aromatic heterocycles. The second kappa shape index (κ2) is 9.42. The van der Waals surface area contributed by atoms with Crippen LogP contribution in [0, 0.1) is 6.92 Å². The molecule has 2 aromatic rings. The monoisotopic (exact) mass is 422 g/mol. The lowest BCUT2D eigenvalue weighted by Crippen LogP contribution is -2.25. The molecule has 4 heteroatoms. The molecule has 0 aliphatic rings. The fraction of sp³-hybridized carbons (Fsp3) is 0.370. The summed E-state index contributed by atoms with van der Waals surface area (Å²) in [5, 5.41) is 0. The first kappa shape index (κ1) is 24.3. The molecule has 0 aliphatic carbocycles. The van der Waals surface area contributed by atoms with Crippen molar-refractivity contribution in [3.8, 4) is 17.2 Å². The number of benzene rings is 2. The average Bonchev–Trinajstić information content (AvgIpc) is 2.61. The van der Waals surface area contributed by atoms with Crippen molar-refractivity contribution in [2.24, 2.45) is 0 Å². The molecule has 0 aliphatic heterocycles. The third kappa shape index (κ3) is 7.63. The van der Waals surface area contributed by atoms with Gasteiger partial charge in [0.05, 0.1) is 11.3 Å². The normalized spacial score (nSPS) is 12.0. The lowest BCUT2D eigenvalue weighted by Gasteiger charge is -2.27. The van der Waals surface area contributed by atoms with Gasteiger partial charge in [-0.3, -0.25) is 4.79 Å². The highest BCUT2D eigenvalue weighted by atomic mass is 16.5. The number of allylic oxidation sites excluding steroid dienone is 2. The number of aryl methyl sites for hydroxylation is 1. The van der Waals surface area contributed by atoms with Crippen LogP contribution in [0.4, 0.5) is 0 Å². The summed E-state index contributed by atoms with van der Waals surface area (Å²) in [6, 6.07) is 10.9. The van der Waals surface area contributed by atoms with Gasteiger partial charge in [0.1, 0.15) is 28.5 Å². The molecule has 0 fully saturated rings. The van der Waals surface area contributed by atoms with Gasteiger partial charge in [0, 0.05) is 5.56 Å². The van der Waals surface area contributed by atoms with Crippen molar-refractivity contribution in [1.82, 2.24) is 0 Å². The lowest BCUT2D eigenvalue weighted by atomic mass is 10.0. The number of hydrogen-bond acceptors (Lipinski definition) is 4. The Bertz CT molecular complexity index is 968. The van der Waals surface area contributed by atoms with Gasteiger partial charge in [0.25, 0.3) is 0 Å². The van der Waals surface area contributed by atoms with E-state index in [0.29, 0.717) is 28.6 Å². The van der Waals surface area contributed by atoms with Crippen LogP contribution in [0.2, 0.25) is 0 Å². The molecule has 0 saturated carbocycles. The maximum atomic E-state index is 12.8. The minimum Gasteiger partial charge on any atom is -0.487 e. The van der Waals surface area contributed by atoms with E-state index < -0.39 is 5.60 Å². The standard InChI is InChI=1S/C27H34O4/c1-18(2)29-21-13-11-20(12-14-21)23(28)16-15-22-24(30-26(4,5)6)17-10-19(3)25(22)31-27(7,8)9/h10-17H,1H2,2-9H3/b16-15+. The van der Waals surface area contributed by atoms with Crippen molar-refractivity contribution in [2.75, 3.05) is 0 Å². The second-order valence-electron chi connectivity index (χ2n) is 9.58. The van der Waals surface area contributed by atoms with Crippen LogP contribution >= 0.6 is 0 Å². The Morgan fingerprint density at radius 3 is 2.00 bits per heavy atom. The highest BCUT2D eigenvalue weighted by Gasteiger charge is 2.21. The average molecular weight is 423 g/mol. The van der Waals surface area contributed by atoms with Crippen LogP contribution in [-0.2, 0) is 0 Å². The third-order valence-corrected chi connectivity index (χ3v) is 4.01. The summed E-state index contributed by atoms with van der Waals surface area (Å²) in [4.78, 5) is 12.8. The fourth-order valence-electron chi connectivity index (χ4n) is 2.85. The maximum absolute atomic E-state index is 12.8. The first-order valence-electron chi connectivity index (χ1n) is 10.4. The third-order valence-electron chi connectivity index (χ3n) is 4.01. The molecule has 0 atom stereocenters. The predicted octanol–water partition coefficient (Wildman–Crippen LogP) is 7.16. The van der Waals surface area contributed by atoms with Gasteiger partial charge in [-0.25, -0.2) is 0 Å². The first-order valence-corrected chi connectivity index (χ1v) is 10.4. The van der Waals surface area contributed by atoms with Crippen molar-refractivity contribution in [3.05, 3.63) is 71.5 Å². The van der Waals surface area contributed by atoms with E-state index in [-0.39, 0.29) is 11.4 Å². The van der Waals surface area contributed by atoms with E-state index >= 15 is 0 Å². The number of hydrogen-bond donors (Lipinski definition) is 0. The van der Waals surface area contributed by atoms with Gasteiger partial charge >= 0.3 is 0 Å². The maximum Gasteiger partial charge on any atom is 0.185 e. The molecule has 0 radical (unpaired) electrons. The Balaban J connectivity index is 2.42. The molecule has 0 unspecified atom stereocenters. The molecule has 0 heterocycles. The molecular formula is C27H34O4. The fourth-order valence-corrected chi connectivity index (χ4v) is 2.85. The summed E-state index contributed by atoms with van der Waals surface area (Å²) in [5.74, 6) is 2.51. The van der Waals surface area contributed by atoms with E-state index in [2.05, 4.69) is 6.58 Å². The molecular weight excluding hydrogens is 388 g/mol. The number of rotatable bonds is 7. The smallest absolute Gasteiger partial charge is 0.185 e. The highest BCUT2D eigenvalue weighted by Crippen LogP contribution is 2.37. The van der Waals surface area contributed by atoms with E-state index in [9.17, 15) is 4.79 Å². The van der Waals surface area contributed by atoms with Gasteiger partial charge < -0.3 is 14.2 Å². The first-order chi connectivity index (χ1) is 14.2. The Hall–Kier alpha value is -3.01. The van der Waals surface area contributed by atoms with Crippen LogP contribution in [0.3, 0.4) is 0 Å². The lowest BCUT2D eigenvalue weighted by molar-refractivity contribution is 0.104. The molecule has 4 nitrogen and oxygen atoms in total. The molecule has 2 rings (SSSR count). The molecule has 0 amide bonds. The summed E-state index contributed by atoms with van der Waals surface area (Å²) in [6.07, 6.45) is 3.32. The Kier molecular flexibility index (Phi) is 7.37. The number of ether oxygens (including phenoxy) is 3. The number of carbonyl (C=O) groups is 1. The molecule has 166 valence electrons. The zero-order valence-corrected chi connectivity index (χ0v) is 20.0. The number of carbonyl (C=O) groups excluding carboxylic acids is 1. The minimum absolute atomic E-state index is 0.119. The van der Waals surface area contributed by atoms with E-state index in [1.54, 1.807) is 43.3 Å². The second-order valence-corrected chi connectivity index (χ2v) is 9.58. The number of ketones is 1. The topological polar surface area (TPSA) is 44.8 Å². The molecule has 0 spiro atoms. The zero-order chi connectivity index (χ0) is 23.4. The van der Waals surface area contributed by atoms with Crippen LogP contribution in [0.1, 0.15) is 70.0 Å². The summed E-state index contributed by atoms with van der Waals surface area (Å²) < 4.78 is 17.9. The summed E-state index contributed by atoms with van der Waals surface area (Å²) in [7, 11) is 0. The van der Waals surface area contributed by atoms with Crippen LogP contribution in [0.15, 0.2) is 54.8 Å². The van der Waals surface area contributed by atoms with E-state index in [1.807, 2.05) is 60.6 Å². The van der Waals surface area contributed by atoms with Crippen LogP contribution in [-0.4, -0.2) is 17.0 Å². The highest BCUT2D eigenvalue weighted by molar-refractivity contribution is 6.07. The van der Waals surface area contributed by atoms with E-state index in [4.69, 9.17) is 14.2 Å². The van der Waals surface area contributed by atoms with Gasteiger partial charge in [-0.05, 0) is 103 Å². The molecule has 0 N–H and O–H groups in total. The minimum atomic E-state index is -0.392. The van der Waals surface area contributed by atoms with Gasteiger partial charge in [0.15, 0.2) is 5.78 Å². The SMILES string of the molecule is C=C(C)Oc1ccc(C(=O)/C=C/c2c(OC(C)(C)C)ccc(C)c2OC(C)(C)C)cc1. The van der Waals surface area contributed by atoms with Crippen LogP contribution in [0.5, 0.6) is 17.2 Å². The van der Waals surface area contributed by atoms with Crippen molar-refractivity contribution in [3.63, 3.8) is 0 Å². The predicted molar refractivity (Wildman–Crippen MR) is 127 cm³/mol. The van der Waals surface area contributed by atoms with Gasteiger partial charge in [-0.15, -0.1) is 0 Å². The van der Waals surface area contributed by atoms with Gasteiger partial charge in [0.2, 0.25) is 0 Å². The quantitative estimate of drug-likeness (QED) is 0.270. The molecule has 0 saturated heterocycles.